The van der Waals surface area contributed by atoms with E-state index in [0.717, 1.165) is 18.5 Å². The van der Waals surface area contributed by atoms with Crippen molar-refractivity contribution in [2.75, 3.05) is 39.4 Å². The Morgan fingerprint density at radius 1 is 1.04 bits per heavy atom. The number of carbonyl (C=O) groups is 2. The van der Waals surface area contributed by atoms with Crippen molar-refractivity contribution in [2.45, 2.75) is 12.8 Å². The summed E-state index contributed by atoms with van der Waals surface area (Å²) in [6.07, 6.45) is 4.93. The lowest BCUT2D eigenvalue weighted by Crippen LogP contribution is -2.49. The van der Waals surface area contributed by atoms with Crippen molar-refractivity contribution >= 4 is 11.8 Å². The van der Waals surface area contributed by atoms with E-state index >= 15 is 0 Å². The van der Waals surface area contributed by atoms with Crippen LogP contribution in [0.5, 0.6) is 0 Å². The lowest BCUT2D eigenvalue weighted by Gasteiger charge is -2.36. The van der Waals surface area contributed by atoms with Gasteiger partial charge >= 0.3 is 0 Å². The van der Waals surface area contributed by atoms with E-state index in [1.165, 1.54) is 0 Å². The molecule has 4 rings (SSSR count). The van der Waals surface area contributed by atoms with Crippen molar-refractivity contribution in [2.24, 2.45) is 5.92 Å². The molecule has 3 heterocycles. The number of benzene rings is 1. The largest absolute Gasteiger partial charge is 0.378 e. The monoisotopic (exact) mass is 368 g/mol. The third kappa shape index (κ3) is 3.73. The van der Waals surface area contributed by atoms with Crippen LogP contribution in [0.2, 0.25) is 0 Å². The Balaban J connectivity index is 1.48. The van der Waals surface area contributed by atoms with Crippen molar-refractivity contribution in [1.82, 2.24) is 19.4 Å². The third-order valence-electron chi connectivity index (χ3n) is 5.27. The number of rotatable bonds is 3. The standard InChI is InChI=1S/C20H24N4O3/c25-19(22-9-11-27-12-10-22)16-5-4-8-23(14-16)20(26)18-13-21-15-24(18)17-6-2-1-3-7-17/h1-3,6-7,13,15-16H,4-5,8-12,14H2. The molecule has 27 heavy (non-hydrogen) atoms. The molecular formula is C20H24N4O3. The highest BCUT2D eigenvalue weighted by atomic mass is 16.5. The summed E-state index contributed by atoms with van der Waals surface area (Å²) < 4.78 is 7.13. The Morgan fingerprint density at radius 3 is 2.59 bits per heavy atom. The SMILES string of the molecule is O=C(c1cncn1-c1ccccc1)N1CCCC(C(=O)N2CCOCC2)C1. The first-order valence-electron chi connectivity index (χ1n) is 9.47. The minimum Gasteiger partial charge on any atom is -0.378 e. The first-order valence-corrected chi connectivity index (χ1v) is 9.47. The highest BCUT2D eigenvalue weighted by molar-refractivity contribution is 5.93. The molecule has 2 aliphatic rings. The molecule has 0 bridgehead atoms. The first-order chi connectivity index (χ1) is 13.2. The van der Waals surface area contributed by atoms with E-state index < -0.39 is 0 Å². The molecule has 1 aromatic carbocycles. The number of hydrogen-bond acceptors (Lipinski definition) is 4. The Hall–Kier alpha value is -2.67. The van der Waals surface area contributed by atoms with Crippen LogP contribution in [-0.4, -0.2) is 70.6 Å². The molecule has 0 saturated carbocycles. The Kier molecular flexibility index (Phi) is 5.20. The van der Waals surface area contributed by atoms with Gasteiger partial charge < -0.3 is 14.5 Å². The maximum atomic E-state index is 13.1. The zero-order valence-electron chi connectivity index (χ0n) is 15.3. The van der Waals surface area contributed by atoms with Crippen LogP contribution < -0.4 is 0 Å². The van der Waals surface area contributed by atoms with Gasteiger partial charge in [0.2, 0.25) is 5.91 Å². The molecule has 1 unspecified atom stereocenters. The van der Waals surface area contributed by atoms with Crippen LogP contribution in [0, 0.1) is 5.92 Å². The Morgan fingerprint density at radius 2 is 1.81 bits per heavy atom. The molecule has 142 valence electrons. The average molecular weight is 368 g/mol. The van der Waals surface area contributed by atoms with Crippen molar-refractivity contribution < 1.29 is 14.3 Å². The summed E-state index contributed by atoms with van der Waals surface area (Å²) >= 11 is 0. The van der Waals surface area contributed by atoms with Crippen LogP contribution in [0.1, 0.15) is 23.3 Å². The van der Waals surface area contributed by atoms with Gasteiger partial charge in [0.15, 0.2) is 0 Å². The molecule has 2 amide bonds. The van der Waals surface area contributed by atoms with Gasteiger partial charge in [-0.3, -0.25) is 14.2 Å². The van der Waals surface area contributed by atoms with Crippen LogP contribution in [0.4, 0.5) is 0 Å². The minimum atomic E-state index is -0.131. The predicted octanol–water partition coefficient (Wildman–Crippen LogP) is 1.58. The van der Waals surface area contributed by atoms with Crippen LogP contribution in [0.3, 0.4) is 0 Å². The molecule has 2 fully saturated rings. The number of ether oxygens (including phenoxy) is 1. The van der Waals surface area contributed by atoms with Crippen molar-refractivity contribution in [3.8, 4) is 5.69 Å². The molecule has 2 saturated heterocycles. The summed E-state index contributed by atoms with van der Waals surface area (Å²) in [5, 5.41) is 0. The molecule has 0 spiro atoms. The van der Waals surface area contributed by atoms with Gasteiger partial charge in [0, 0.05) is 31.9 Å². The van der Waals surface area contributed by atoms with Gasteiger partial charge in [-0.05, 0) is 25.0 Å². The van der Waals surface area contributed by atoms with Crippen LogP contribution in [0.15, 0.2) is 42.9 Å². The first kappa shape index (κ1) is 17.7. The van der Waals surface area contributed by atoms with Crippen molar-refractivity contribution in [1.29, 1.82) is 0 Å². The molecule has 2 aromatic rings. The molecule has 0 aliphatic carbocycles. The van der Waals surface area contributed by atoms with Gasteiger partial charge in [-0.1, -0.05) is 18.2 Å². The van der Waals surface area contributed by atoms with E-state index in [2.05, 4.69) is 4.98 Å². The van der Waals surface area contributed by atoms with E-state index in [-0.39, 0.29) is 17.7 Å². The van der Waals surface area contributed by atoms with Gasteiger partial charge in [-0.2, -0.15) is 0 Å². The van der Waals surface area contributed by atoms with Gasteiger partial charge in [-0.15, -0.1) is 0 Å². The highest BCUT2D eigenvalue weighted by Gasteiger charge is 2.33. The van der Waals surface area contributed by atoms with Gasteiger partial charge in [-0.25, -0.2) is 4.98 Å². The summed E-state index contributed by atoms with van der Waals surface area (Å²) in [6, 6.07) is 9.69. The second-order valence-electron chi connectivity index (χ2n) is 7.01. The molecule has 1 atom stereocenters. The zero-order valence-corrected chi connectivity index (χ0v) is 15.3. The van der Waals surface area contributed by atoms with E-state index in [4.69, 9.17) is 4.74 Å². The molecular weight excluding hydrogens is 344 g/mol. The second-order valence-corrected chi connectivity index (χ2v) is 7.01. The number of carbonyl (C=O) groups excluding carboxylic acids is 2. The van der Waals surface area contributed by atoms with Gasteiger partial charge in [0.1, 0.15) is 5.69 Å². The Labute approximate surface area is 158 Å². The summed E-state index contributed by atoms with van der Waals surface area (Å²) in [5.41, 5.74) is 1.43. The number of morpholine rings is 1. The topological polar surface area (TPSA) is 67.7 Å². The molecule has 7 nitrogen and oxygen atoms in total. The Bertz CT molecular complexity index is 799. The number of hydrogen-bond donors (Lipinski definition) is 0. The fraction of sp³-hybridized carbons (Fsp3) is 0.450. The van der Waals surface area contributed by atoms with Crippen molar-refractivity contribution in [3.05, 3.63) is 48.5 Å². The lowest BCUT2D eigenvalue weighted by molar-refractivity contribution is -0.141. The normalized spacial score (nSPS) is 20.5. The van der Waals surface area contributed by atoms with E-state index in [1.54, 1.807) is 22.0 Å². The van der Waals surface area contributed by atoms with Crippen LogP contribution in [-0.2, 0) is 9.53 Å². The smallest absolute Gasteiger partial charge is 0.272 e. The molecule has 2 aliphatic heterocycles. The highest BCUT2D eigenvalue weighted by Crippen LogP contribution is 2.22. The zero-order chi connectivity index (χ0) is 18.6. The fourth-order valence-corrected chi connectivity index (χ4v) is 3.81. The molecule has 1 aromatic heterocycles. The van der Waals surface area contributed by atoms with E-state index in [9.17, 15) is 9.59 Å². The number of imidazole rings is 1. The number of nitrogens with zero attached hydrogens (tertiary/aromatic N) is 4. The summed E-state index contributed by atoms with van der Waals surface area (Å²) in [4.78, 5) is 33.8. The maximum Gasteiger partial charge on any atom is 0.272 e. The van der Waals surface area contributed by atoms with Gasteiger partial charge in [0.05, 0.1) is 31.7 Å². The fourth-order valence-electron chi connectivity index (χ4n) is 3.81. The molecule has 0 radical (unpaired) electrons. The maximum absolute atomic E-state index is 13.1. The summed E-state index contributed by atoms with van der Waals surface area (Å²) in [5.74, 6) is -0.0582. The number of likely N-dealkylation sites (tertiary alicyclic amines) is 1. The quantitative estimate of drug-likeness (QED) is 0.825. The number of para-hydroxylation sites is 1. The lowest BCUT2D eigenvalue weighted by atomic mass is 9.96. The third-order valence-corrected chi connectivity index (χ3v) is 5.27. The van der Waals surface area contributed by atoms with Crippen LogP contribution >= 0.6 is 0 Å². The van der Waals surface area contributed by atoms with Crippen molar-refractivity contribution in [3.63, 3.8) is 0 Å². The molecule has 7 heteroatoms. The predicted molar refractivity (Wildman–Crippen MR) is 99.6 cm³/mol. The molecule has 0 N–H and O–H groups in total. The summed E-state index contributed by atoms with van der Waals surface area (Å²) in [6.45, 7) is 3.61. The average Bonchev–Trinajstić information content (AvgIpc) is 3.24. The summed E-state index contributed by atoms with van der Waals surface area (Å²) in [7, 11) is 0. The number of aromatic nitrogens is 2. The van der Waals surface area contributed by atoms with E-state index in [0.29, 0.717) is 45.1 Å². The number of amides is 2. The second kappa shape index (κ2) is 7.92. The van der Waals surface area contributed by atoms with Gasteiger partial charge in [0.25, 0.3) is 5.91 Å². The minimum absolute atomic E-state index is 0.0733. The van der Waals surface area contributed by atoms with E-state index in [1.807, 2.05) is 35.2 Å². The number of piperidine rings is 1. The van der Waals surface area contributed by atoms with Crippen LogP contribution in [0.25, 0.3) is 5.69 Å².